The predicted molar refractivity (Wildman–Crippen MR) is 75.5 cm³/mol. The van der Waals surface area contributed by atoms with E-state index < -0.39 is 24.6 Å². The van der Waals surface area contributed by atoms with E-state index in [1.54, 1.807) is 4.90 Å². The molecule has 1 rings (SSSR count). The van der Waals surface area contributed by atoms with Crippen LogP contribution in [0.4, 0.5) is 13.6 Å². The standard InChI is InChI=1S/C14H26F2N2O3/c1-13(2,3)21-12(20)18-9-7-17(8-10-18)6-4-14(15,16)5-11-19/h19H,4-11H2,1-3H3. The molecule has 1 fully saturated rings. The van der Waals surface area contributed by atoms with Crippen molar-refractivity contribution >= 4 is 6.09 Å². The number of carbonyl (C=O) groups excluding carboxylic acids is 1. The minimum atomic E-state index is -2.82. The molecule has 21 heavy (non-hydrogen) atoms. The number of halogens is 2. The van der Waals surface area contributed by atoms with Crippen LogP contribution >= 0.6 is 0 Å². The number of rotatable bonds is 5. The van der Waals surface area contributed by atoms with Crippen molar-refractivity contribution in [2.24, 2.45) is 0 Å². The third-order valence-electron chi connectivity index (χ3n) is 3.30. The SMILES string of the molecule is CC(C)(C)OC(=O)N1CCN(CCC(F)(F)CCO)CC1. The van der Waals surface area contributed by atoms with Gasteiger partial charge >= 0.3 is 6.09 Å². The quantitative estimate of drug-likeness (QED) is 0.843. The largest absolute Gasteiger partial charge is 0.444 e. The second-order valence-corrected chi connectivity index (χ2v) is 6.39. The molecule has 0 saturated carbocycles. The van der Waals surface area contributed by atoms with E-state index in [2.05, 4.69) is 0 Å². The summed E-state index contributed by atoms with van der Waals surface area (Å²) in [7, 11) is 0. The number of ether oxygens (including phenoxy) is 1. The van der Waals surface area contributed by atoms with Gasteiger partial charge in [-0.15, -0.1) is 0 Å². The van der Waals surface area contributed by atoms with Crippen LogP contribution in [-0.2, 0) is 4.74 Å². The van der Waals surface area contributed by atoms with Crippen molar-refractivity contribution in [3.05, 3.63) is 0 Å². The maximum atomic E-state index is 13.3. The summed E-state index contributed by atoms with van der Waals surface area (Å²) in [5.74, 6) is -2.82. The van der Waals surface area contributed by atoms with Crippen molar-refractivity contribution in [3.8, 4) is 0 Å². The van der Waals surface area contributed by atoms with Crippen LogP contribution in [-0.4, -0.2) is 71.9 Å². The summed E-state index contributed by atoms with van der Waals surface area (Å²) in [6, 6.07) is 0. The Morgan fingerprint density at radius 1 is 1.14 bits per heavy atom. The highest BCUT2D eigenvalue weighted by molar-refractivity contribution is 5.68. The molecule has 5 nitrogen and oxygen atoms in total. The summed E-state index contributed by atoms with van der Waals surface area (Å²) < 4.78 is 31.9. The van der Waals surface area contributed by atoms with E-state index in [0.717, 1.165) is 0 Å². The number of piperazine rings is 1. The number of nitrogens with zero attached hydrogens (tertiary/aromatic N) is 2. The lowest BCUT2D eigenvalue weighted by molar-refractivity contribution is -0.0394. The smallest absolute Gasteiger partial charge is 0.410 e. The van der Waals surface area contributed by atoms with E-state index in [1.807, 2.05) is 25.7 Å². The first-order valence-electron chi connectivity index (χ1n) is 7.32. The molecular weight excluding hydrogens is 282 g/mol. The van der Waals surface area contributed by atoms with E-state index in [9.17, 15) is 13.6 Å². The first-order chi connectivity index (χ1) is 9.63. The monoisotopic (exact) mass is 308 g/mol. The summed E-state index contributed by atoms with van der Waals surface area (Å²) in [4.78, 5) is 15.4. The third kappa shape index (κ3) is 7.04. The molecule has 0 radical (unpaired) electrons. The Balaban J connectivity index is 2.31. The van der Waals surface area contributed by atoms with E-state index >= 15 is 0 Å². The van der Waals surface area contributed by atoms with Gasteiger partial charge in [0.05, 0.1) is 0 Å². The molecule has 1 aliphatic rings. The maximum Gasteiger partial charge on any atom is 0.410 e. The van der Waals surface area contributed by atoms with Gasteiger partial charge in [0, 0.05) is 52.2 Å². The molecule has 0 unspecified atom stereocenters. The Kier molecular flexibility index (Phi) is 6.34. The van der Waals surface area contributed by atoms with Crippen LogP contribution in [0.15, 0.2) is 0 Å². The van der Waals surface area contributed by atoms with E-state index in [4.69, 9.17) is 9.84 Å². The first kappa shape index (κ1) is 18.1. The van der Waals surface area contributed by atoms with Crippen molar-refractivity contribution in [2.45, 2.75) is 45.1 Å². The van der Waals surface area contributed by atoms with Gasteiger partial charge in [-0.05, 0) is 20.8 Å². The van der Waals surface area contributed by atoms with Crippen LogP contribution in [0.1, 0.15) is 33.6 Å². The molecule has 0 spiro atoms. The molecule has 124 valence electrons. The molecule has 7 heteroatoms. The number of hydrogen-bond donors (Lipinski definition) is 1. The lowest BCUT2D eigenvalue weighted by atomic mass is 10.1. The fraction of sp³-hybridized carbons (Fsp3) is 0.929. The number of hydrogen-bond acceptors (Lipinski definition) is 4. The zero-order valence-electron chi connectivity index (χ0n) is 13.1. The molecule has 1 aliphatic heterocycles. The summed E-state index contributed by atoms with van der Waals surface area (Å²) in [5.41, 5.74) is -0.527. The van der Waals surface area contributed by atoms with Gasteiger partial charge in [0.25, 0.3) is 5.92 Å². The lowest BCUT2D eigenvalue weighted by Crippen LogP contribution is -2.50. The molecule has 1 saturated heterocycles. The molecule has 1 heterocycles. The van der Waals surface area contributed by atoms with Crippen LogP contribution in [0.3, 0.4) is 0 Å². The summed E-state index contributed by atoms with van der Waals surface area (Å²) in [6.45, 7) is 7.30. The van der Waals surface area contributed by atoms with Crippen molar-refractivity contribution in [2.75, 3.05) is 39.3 Å². The van der Waals surface area contributed by atoms with Crippen molar-refractivity contribution < 1.29 is 23.4 Å². The van der Waals surface area contributed by atoms with E-state index in [-0.39, 0.29) is 19.1 Å². The van der Waals surface area contributed by atoms with E-state index in [1.165, 1.54) is 0 Å². The van der Waals surface area contributed by atoms with Gasteiger partial charge < -0.3 is 14.7 Å². The van der Waals surface area contributed by atoms with Crippen LogP contribution in [0.5, 0.6) is 0 Å². The Bertz CT molecular complexity index is 338. The zero-order chi connectivity index (χ0) is 16.1. The Hall–Kier alpha value is -0.950. The average molecular weight is 308 g/mol. The van der Waals surface area contributed by atoms with Gasteiger partial charge in [-0.1, -0.05) is 0 Å². The maximum absolute atomic E-state index is 13.3. The van der Waals surface area contributed by atoms with Crippen LogP contribution in [0.25, 0.3) is 0 Å². The van der Waals surface area contributed by atoms with Gasteiger partial charge in [0.15, 0.2) is 0 Å². The Morgan fingerprint density at radius 2 is 1.71 bits per heavy atom. The molecule has 0 aliphatic carbocycles. The van der Waals surface area contributed by atoms with Gasteiger partial charge in [0.1, 0.15) is 5.60 Å². The number of carbonyl (C=O) groups is 1. The molecule has 1 N–H and O–H groups in total. The van der Waals surface area contributed by atoms with Crippen molar-refractivity contribution in [1.82, 2.24) is 9.80 Å². The molecule has 0 aromatic heterocycles. The van der Waals surface area contributed by atoms with Crippen LogP contribution in [0.2, 0.25) is 0 Å². The van der Waals surface area contributed by atoms with Crippen molar-refractivity contribution in [3.63, 3.8) is 0 Å². The van der Waals surface area contributed by atoms with Crippen molar-refractivity contribution in [1.29, 1.82) is 0 Å². The topological polar surface area (TPSA) is 53.0 Å². The van der Waals surface area contributed by atoms with Crippen LogP contribution < -0.4 is 0 Å². The summed E-state index contributed by atoms with van der Waals surface area (Å²) >= 11 is 0. The van der Waals surface area contributed by atoms with Gasteiger partial charge in [-0.2, -0.15) is 0 Å². The molecule has 0 bridgehead atoms. The predicted octanol–water partition coefficient (Wildman–Crippen LogP) is 1.95. The van der Waals surface area contributed by atoms with E-state index in [0.29, 0.717) is 26.2 Å². The Labute approximate surface area is 124 Å². The second-order valence-electron chi connectivity index (χ2n) is 6.39. The molecular formula is C14H26F2N2O3. The summed E-state index contributed by atoms with van der Waals surface area (Å²) in [6.07, 6.45) is -1.11. The van der Waals surface area contributed by atoms with Gasteiger partial charge in [-0.25, -0.2) is 13.6 Å². The highest BCUT2D eigenvalue weighted by atomic mass is 19.3. The fourth-order valence-electron chi connectivity index (χ4n) is 2.09. The number of aliphatic hydroxyl groups is 1. The third-order valence-corrected chi connectivity index (χ3v) is 3.30. The highest BCUT2D eigenvalue weighted by Gasteiger charge is 2.30. The number of aliphatic hydroxyl groups excluding tert-OH is 1. The molecule has 0 atom stereocenters. The zero-order valence-corrected chi connectivity index (χ0v) is 13.1. The van der Waals surface area contributed by atoms with Gasteiger partial charge in [0.2, 0.25) is 0 Å². The minimum Gasteiger partial charge on any atom is -0.444 e. The van der Waals surface area contributed by atoms with Gasteiger partial charge in [-0.3, -0.25) is 4.90 Å². The molecule has 0 aromatic carbocycles. The molecule has 1 amide bonds. The normalized spacial score (nSPS) is 17.9. The fourth-order valence-corrected chi connectivity index (χ4v) is 2.09. The lowest BCUT2D eigenvalue weighted by Gasteiger charge is -2.36. The summed E-state index contributed by atoms with van der Waals surface area (Å²) in [5, 5.41) is 8.58. The minimum absolute atomic E-state index is 0.264. The average Bonchev–Trinajstić information content (AvgIpc) is 2.35. The number of amides is 1. The molecule has 0 aromatic rings. The Morgan fingerprint density at radius 3 is 2.19 bits per heavy atom. The first-order valence-corrected chi connectivity index (χ1v) is 7.32. The second kappa shape index (κ2) is 7.35. The van der Waals surface area contributed by atoms with Crippen LogP contribution in [0, 0.1) is 0 Å². The highest BCUT2D eigenvalue weighted by Crippen LogP contribution is 2.23. The number of alkyl halides is 2.